The summed E-state index contributed by atoms with van der Waals surface area (Å²) in [5, 5.41) is 5.22. The first-order valence-corrected chi connectivity index (χ1v) is 9.05. The van der Waals surface area contributed by atoms with E-state index in [2.05, 4.69) is 21.9 Å². The molecule has 0 aliphatic carbocycles. The highest BCUT2D eigenvalue weighted by atomic mass is 16.5. The lowest BCUT2D eigenvalue weighted by atomic mass is 10.0. The van der Waals surface area contributed by atoms with Crippen LogP contribution in [0.15, 0.2) is 49.1 Å². The van der Waals surface area contributed by atoms with Crippen LogP contribution in [0.25, 0.3) is 0 Å². The molecule has 2 N–H and O–H groups in total. The molecule has 0 aromatic heterocycles. The summed E-state index contributed by atoms with van der Waals surface area (Å²) in [6, 6.07) is 9.58. The van der Waals surface area contributed by atoms with Gasteiger partial charge in [0, 0.05) is 22.4 Å². The molecule has 0 aliphatic rings. The second-order valence-corrected chi connectivity index (χ2v) is 6.15. The third-order valence-electron chi connectivity index (χ3n) is 4.21. The third kappa shape index (κ3) is 5.60. The van der Waals surface area contributed by atoms with Crippen molar-refractivity contribution in [3.63, 3.8) is 0 Å². The summed E-state index contributed by atoms with van der Waals surface area (Å²) in [7, 11) is 4.28. The fourth-order valence-corrected chi connectivity index (χ4v) is 2.72. The van der Waals surface area contributed by atoms with Crippen molar-refractivity contribution in [3.8, 4) is 11.5 Å². The van der Waals surface area contributed by atoms with Gasteiger partial charge in [-0.25, -0.2) is 0 Å². The predicted octanol–water partition coefficient (Wildman–Crippen LogP) is 2.59. The number of nitrogens with one attached hydrogen (secondary N) is 2. The van der Waals surface area contributed by atoms with Crippen LogP contribution in [0.5, 0.6) is 11.5 Å². The van der Waals surface area contributed by atoms with E-state index in [1.807, 2.05) is 0 Å². The maximum absolute atomic E-state index is 12.7. The maximum Gasteiger partial charge on any atom is 0.325 e. The first-order valence-electron chi connectivity index (χ1n) is 9.05. The number of rotatable bonds is 9. The third-order valence-corrected chi connectivity index (χ3v) is 4.21. The van der Waals surface area contributed by atoms with Crippen LogP contribution < -0.4 is 20.1 Å². The molecule has 8 nitrogen and oxygen atoms in total. The average molecular weight is 412 g/mol. The SMILES string of the molecule is C=CCc1cc(C(=O)Nc2ccc(C(=O)NCC(=O)OC)cc2)cc(OC)c1OC. The summed E-state index contributed by atoms with van der Waals surface area (Å²) in [5.74, 6) is -0.315. The fraction of sp³-hybridized carbons (Fsp3) is 0.227. The number of hydrogen-bond acceptors (Lipinski definition) is 6. The minimum Gasteiger partial charge on any atom is -0.493 e. The molecule has 158 valence electrons. The minimum atomic E-state index is -0.544. The number of carbonyl (C=O) groups excluding carboxylic acids is 3. The summed E-state index contributed by atoms with van der Waals surface area (Å²) < 4.78 is 15.2. The molecular formula is C22H24N2O6. The normalized spacial score (nSPS) is 9.97. The van der Waals surface area contributed by atoms with E-state index in [0.717, 1.165) is 5.56 Å². The molecule has 0 saturated heterocycles. The van der Waals surface area contributed by atoms with Crippen molar-refractivity contribution in [3.05, 3.63) is 65.7 Å². The molecule has 0 spiro atoms. The van der Waals surface area contributed by atoms with E-state index >= 15 is 0 Å². The highest BCUT2D eigenvalue weighted by Crippen LogP contribution is 2.33. The summed E-state index contributed by atoms with van der Waals surface area (Å²) in [5.41, 5.74) is 2.01. The van der Waals surface area contributed by atoms with Gasteiger partial charge in [0.25, 0.3) is 11.8 Å². The van der Waals surface area contributed by atoms with Gasteiger partial charge in [0.05, 0.1) is 21.3 Å². The Morgan fingerprint density at radius 1 is 0.967 bits per heavy atom. The zero-order chi connectivity index (χ0) is 22.1. The van der Waals surface area contributed by atoms with Crippen LogP contribution in [0.1, 0.15) is 26.3 Å². The van der Waals surface area contributed by atoms with Crippen LogP contribution >= 0.6 is 0 Å². The molecule has 0 heterocycles. The zero-order valence-electron chi connectivity index (χ0n) is 17.1. The topological polar surface area (TPSA) is 103 Å². The van der Waals surface area contributed by atoms with Crippen LogP contribution in [0.2, 0.25) is 0 Å². The van der Waals surface area contributed by atoms with Gasteiger partial charge in [-0.15, -0.1) is 6.58 Å². The number of benzene rings is 2. The van der Waals surface area contributed by atoms with Gasteiger partial charge in [-0.1, -0.05) is 6.08 Å². The molecule has 2 aromatic carbocycles. The summed E-state index contributed by atoms with van der Waals surface area (Å²) in [6.07, 6.45) is 2.22. The number of ether oxygens (including phenoxy) is 3. The lowest BCUT2D eigenvalue weighted by molar-refractivity contribution is -0.139. The van der Waals surface area contributed by atoms with Crippen molar-refractivity contribution in [2.75, 3.05) is 33.2 Å². The quantitative estimate of drug-likeness (QED) is 0.485. The molecular weight excluding hydrogens is 388 g/mol. The van der Waals surface area contributed by atoms with Crippen LogP contribution in [0, 0.1) is 0 Å². The molecule has 8 heteroatoms. The van der Waals surface area contributed by atoms with Crippen molar-refractivity contribution in [2.24, 2.45) is 0 Å². The molecule has 0 aliphatic heterocycles. The van der Waals surface area contributed by atoms with E-state index in [-0.39, 0.29) is 12.5 Å². The van der Waals surface area contributed by atoms with Crippen molar-refractivity contribution >= 4 is 23.5 Å². The molecule has 2 rings (SSSR count). The summed E-state index contributed by atoms with van der Waals surface area (Å²) in [4.78, 5) is 35.8. The van der Waals surface area contributed by atoms with Crippen LogP contribution in [0.3, 0.4) is 0 Å². The Hall–Kier alpha value is -3.81. The summed E-state index contributed by atoms with van der Waals surface area (Å²) >= 11 is 0. The largest absolute Gasteiger partial charge is 0.493 e. The van der Waals surface area contributed by atoms with E-state index in [1.54, 1.807) is 42.5 Å². The van der Waals surface area contributed by atoms with Crippen molar-refractivity contribution in [2.45, 2.75) is 6.42 Å². The molecule has 2 amide bonds. The molecule has 0 bridgehead atoms. The van der Waals surface area contributed by atoms with Gasteiger partial charge in [0.15, 0.2) is 11.5 Å². The number of methoxy groups -OCH3 is 3. The van der Waals surface area contributed by atoms with E-state index in [9.17, 15) is 14.4 Å². The summed E-state index contributed by atoms with van der Waals surface area (Å²) in [6.45, 7) is 3.50. The van der Waals surface area contributed by atoms with Crippen molar-refractivity contribution < 1.29 is 28.6 Å². The molecule has 0 radical (unpaired) electrons. The van der Waals surface area contributed by atoms with Gasteiger partial charge < -0.3 is 24.8 Å². The van der Waals surface area contributed by atoms with E-state index < -0.39 is 11.9 Å². The van der Waals surface area contributed by atoms with Crippen LogP contribution in [-0.4, -0.2) is 45.7 Å². The van der Waals surface area contributed by atoms with Gasteiger partial charge in [0.1, 0.15) is 6.54 Å². The Bertz CT molecular complexity index is 937. The van der Waals surface area contributed by atoms with Gasteiger partial charge in [-0.3, -0.25) is 14.4 Å². The smallest absolute Gasteiger partial charge is 0.325 e. The first kappa shape index (κ1) is 22.5. The fourth-order valence-electron chi connectivity index (χ4n) is 2.72. The standard InChI is InChI=1S/C22H24N2O6/c1-5-6-15-11-16(12-18(28-2)20(15)30-4)22(27)24-17-9-7-14(8-10-17)21(26)23-13-19(25)29-3/h5,7-12H,1,6,13H2,2-4H3,(H,23,26)(H,24,27). The number of hydrogen-bond donors (Lipinski definition) is 2. The van der Waals surface area contributed by atoms with Crippen LogP contribution in [-0.2, 0) is 16.0 Å². The Kier molecular flexibility index (Phi) is 7.99. The second-order valence-electron chi connectivity index (χ2n) is 6.15. The van der Waals surface area contributed by atoms with Crippen LogP contribution in [0.4, 0.5) is 5.69 Å². The second kappa shape index (κ2) is 10.7. The molecule has 2 aromatic rings. The lowest BCUT2D eigenvalue weighted by Crippen LogP contribution is -2.30. The predicted molar refractivity (Wildman–Crippen MR) is 112 cm³/mol. The average Bonchev–Trinajstić information content (AvgIpc) is 2.77. The van der Waals surface area contributed by atoms with E-state index in [4.69, 9.17) is 9.47 Å². The number of carbonyl (C=O) groups is 3. The first-order chi connectivity index (χ1) is 14.4. The van der Waals surface area contributed by atoms with Gasteiger partial charge in [0.2, 0.25) is 0 Å². The lowest BCUT2D eigenvalue weighted by Gasteiger charge is -2.14. The number of anilines is 1. The van der Waals surface area contributed by atoms with E-state index in [1.165, 1.54) is 21.3 Å². The molecule has 0 saturated carbocycles. The van der Waals surface area contributed by atoms with Gasteiger partial charge >= 0.3 is 5.97 Å². The minimum absolute atomic E-state index is 0.222. The Morgan fingerprint density at radius 3 is 2.23 bits per heavy atom. The Balaban J connectivity index is 2.14. The van der Waals surface area contributed by atoms with Crippen molar-refractivity contribution in [1.82, 2.24) is 5.32 Å². The maximum atomic E-state index is 12.7. The molecule has 30 heavy (non-hydrogen) atoms. The Labute approximate surface area is 174 Å². The van der Waals surface area contributed by atoms with Gasteiger partial charge in [-0.05, 0) is 42.8 Å². The van der Waals surface area contributed by atoms with Gasteiger partial charge in [-0.2, -0.15) is 0 Å². The Morgan fingerprint density at radius 2 is 1.67 bits per heavy atom. The molecule has 0 fully saturated rings. The number of allylic oxidation sites excluding steroid dienone is 1. The zero-order valence-corrected chi connectivity index (χ0v) is 17.1. The van der Waals surface area contributed by atoms with E-state index in [0.29, 0.717) is 34.7 Å². The number of esters is 1. The monoisotopic (exact) mass is 412 g/mol. The highest BCUT2D eigenvalue weighted by Gasteiger charge is 2.16. The highest BCUT2D eigenvalue weighted by molar-refractivity contribution is 6.05. The van der Waals surface area contributed by atoms with Crippen molar-refractivity contribution in [1.29, 1.82) is 0 Å². The molecule has 0 atom stereocenters. The molecule has 0 unspecified atom stereocenters. The number of amides is 2.